The number of hydrogen-bond donors (Lipinski definition) is 1. The molecule has 0 bridgehead atoms. The lowest BCUT2D eigenvalue weighted by molar-refractivity contribution is -0.163. The summed E-state index contributed by atoms with van der Waals surface area (Å²) in [5.41, 5.74) is 0.818. The van der Waals surface area contributed by atoms with E-state index in [4.69, 9.17) is 9.47 Å². The minimum Gasteiger partial charge on any atom is -0.497 e. The van der Waals surface area contributed by atoms with Crippen molar-refractivity contribution < 1.29 is 41.8 Å². The fourth-order valence-electron chi connectivity index (χ4n) is 2.82. The molecule has 1 aromatic carbocycles. The Morgan fingerprint density at radius 1 is 1.17 bits per heavy atom. The van der Waals surface area contributed by atoms with Gasteiger partial charge >= 0.3 is 18.2 Å². The number of rotatable bonds is 7. The van der Waals surface area contributed by atoms with Gasteiger partial charge in [-0.2, -0.15) is 13.2 Å². The van der Waals surface area contributed by atoms with Crippen LogP contribution in [-0.2, 0) is 25.6 Å². The number of esters is 1. The van der Waals surface area contributed by atoms with Crippen LogP contribution in [0.4, 0.5) is 18.0 Å². The van der Waals surface area contributed by atoms with Crippen LogP contribution in [0.3, 0.4) is 0 Å². The molecule has 8 nitrogen and oxygen atoms in total. The highest BCUT2D eigenvalue weighted by molar-refractivity contribution is 5.81. The van der Waals surface area contributed by atoms with Gasteiger partial charge in [0.1, 0.15) is 5.75 Å². The van der Waals surface area contributed by atoms with Crippen LogP contribution in [0.2, 0.25) is 0 Å². The molecular formula is C19H23F3N2O6. The van der Waals surface area contributed by atoms with Crippen LogP contribution < -0.4 is 10.1 Å². The third kappa shape index (κ3) is 7.80. The van der Waals surface area contributed by atoms with Crippen molar-refractivity contribution in [2.24, 2.45) is 5.92 Å². The summed E-state index contributed by atoms with van der Waals surface area (Å²) in [7, 11) is 1.53. The summed E-state index contributed by atoms with van der Waals surface area (Å²) in [6.07, 6.45) is -5.24. The number of piperidine rings is 1. The number of nitrogens with zero attached hydrogens (tertiary/aromatic N) is 1. The topological polar surface area (TPSA) is 94.2 Å². The van der Waals surface area contributed by atoms with Gasteiger partial charge in [-0.3, -0.25) is 9.59 Å². The Balaban J connectivity index is 1.66. The average molecular weight is 432 g/mol. The largest absolute Gasteiger partial charge is 0.497 e. The van der Waals surface area contributed by atoms with Gasteiger partial charge in [0.25, 0.3) is 5.91 Å². The number of hydrogen-bond acceptors (Lipinski definition) is 6. The number of nitrogens with one attached hydrogen (secondary N) is 1. The molecule has 1 fully saturated rings. The molecule has 11 heteroatoms. The SMILES string of the molecule is COc1cccc(CNC(=O)COC(=O)C2CCN(C(=O)OCC(F)(F)F)CC2)c1. The van der Waals surface area contributed by atoms with Crippen LogP contribution in [0.15, 0.2) is 24.3 Å². The second-order valence-corrected chi connectivity index (χ2v) is 6.67. The van der Waals surface area contributed by atoms with Gasteiger partial charge in [-0.25, -0.2) is 4.79 Å². The summed E-state index contributed by atoms with van der Waals surface area (Å²) in [6.45, 7) is -1.72. The summed E-state index contributed by atoms with van der Waals surface area (Å²) in [5, 5.41) is 2.62. The Bertz CT molecular complexity index is 748. The maximum absolute atomic E-state index is 12.1. The standard InChI is InChI=1S/C19H23F3N2O6/c1-28-15-4-2-3-13(9-15)10-23-16(25)11-29-17(26)14-5-7-24(8-6-14)18(27)30-12-19(20,21)22/h2-4,9,14H,5-8,10-12H2,1H3,(H,23,25). The van der Waals surface area contributed by atoms with Gasteiger partial charge in [-0.15, -0.1) is 0 Å². The minimum absolute atomic E-state index is 0.0680. The third-order valence-electron chi connectivity index (χ3n) is 4.42. The number of alkyl halides is 3. The van der Waals surface area contributed by atoms with E-state index in [-0.39, 0.29) is 32.5 Å². The first kappa shape index (κ1) is 23.3. The highest BCUT2D eigenvalue weighted by Crippen LogP contribution is 2.21. The Morgan fingerprint density at radius 2 is 1.87 bits per heavy atom. The number of halogens is 3. The van der Waals surface area contributed by atoms with E-state index in [1.165, 1.54) is 7.11 Å². The smallest absolute Gasteiger partial charge is 0.422 e. The molecule has 30 heavy (non-hydrogen) atoms. The minimum atomic E-state index is -4.59. The molecule has 0 atom stereocenters. The van der Waals surface area contributed by atoms with Gasteiger partial charge in [-0.05, 0) is 30.5 Å². The number of ether oxygens (including phenoxy) is 3. The molecule has 0 saturated carbocycles. The number of carbonyl (C=O) groups excluding carboxylic acids is 3. The van der Waals surface area contributed by atoms with E-state index in [0.717, 1.165) is 10.5 Å². The van der Waals surface area contributed by atoms with Crippen molar-refractivity contribution in [1.82, 2.24) is 10.2 Å². The van der Waals surface area contributed by atoms with Gasteiger partial charge in [0.2, 0.25) is 0 Å². The zero-order valence-electron chi connectivity index (χ0n) is 16.4. The van der Waals surface area contributed by atoms with Crippen molar-refractivity contribution in [3.05, 3.63) is 29.8 Å². The Kier molecular flexibility index (Phi) is 8.31. The molecule has 0 aliphatic carbocycles. The van der Waals surface area contributed by atoms with E-state index in [2.05, 4.69) is 10.1 Å². The van der Waals surface area contributed by atoms with Crippen molar-refractivity contribution in [3.8, 4) is 5.75 Å². The Morgan fingerprint density at radius 3 is 2.50 bits per heavy atom. The highest BCUT2D eigenvalue weighted by Gasteiger charge is 2.33. The molecule has 0 aromatic heterocycles. The fourth-order valence-corrected chi connectivity index (χ4v) is 2.82. The zero-order chi connectivity index (χ0) is 22.1. The molecule has 0 spiro atoms. The monoisotopic (exact) mass is 432 g/mol. The lowest BCUT2D eigenvalue weighted by atomic mass is 9.97. The van der Waals surface area contributed by atoms with Gasteiger partial charge in [0.05, 0.1) is 13.0 Å². The summed E-state index contributed by atoms with van der Waals surface area (Å²) in [4.78, 5) is 36.7. The molecule has 1 heterocycles. The molecule has 2 amide bonds. The van der Waals surface area contributed by atoms with E-state index in [1.807, 2.05) is 6.07 Å². The van der Waals surface area contributed by atoms with Crippen LogP contribution in [-0.4, -0.2) is 62.5 Å². The summed E-state index contributed by atoms with van der Waals surface area (Å²) >= 11 is 0. The predicted molar refractivity (Wildman–Crippen MR) is 97.5 cm³/mol. The lowest BCUT2D eigenvalue weighted by Crippen LogP contribution is -2.42. The number of amides is 2. The van der Waals surface area contributed by atoms with Crippen LogP contribution in [0.25, 0.3) is 0 Å². The van der Waals surface area contributed by atoms with E-state index < -0.39 is 43.3 Å². The van der Waals surface area contributed by atoms with Crippen molar-refractivity contribution in [2.45, 2.75) is 25.6 Å². The van der Waals surface area contributed by atoms with E-state index >= 15 is 0 Å². The first-order chi connectivity index (χ1) is 14.2. The molecule has 2 rings (SSSR count). The molecule has 166 valence electrons. The number of benzene rings is 1. The van der Waals surface area contributed by atoms with E-state index in [1.54, 1.807) is 18.2 Å². The van der Waals surface area contributed by atoms with Crippen LogP contribution in [0, 0.1) is 5.92 Å². The molecule has 1 saturated heterocycles. The quantitative estimate of drug-likeness (QED) is 0.665. The molecule has 1 aliphatic rings. The summed E-state index contributed by atoms with van der Waals surface area (Å²) in [5.74, 6) is -0.946. The maximum Gasteiger partial charge on any atom is 0.422 e. The number of likely N-dealkylation sites (tertiary alicyclic amines) is 1. The van der Waals surface area contributed by atoms with Crippen molar-refractivity contribution in [2.75, 3.05) is 33.4 Å². The van der Waals surface area contributed by atoms with E-state index in [9.17, 15) is 27.6 Å². The van der Waals surface area contributed by atoms with Crippen LogP contribution >= 0.6 is 0 Å². The van der Waals surface area contributed by atoms with E-state index in [0.29, 0.717) is 5.75 Å². The summed E-state index contributed by atoms with van der Waals surface area (Å²) < 4.78 is 50.6. The fraction of sp³-hybridized carbons (Fsp3) is 0.526. The highest BCUT2D eigenvalue weighted by atomic mass is 19.4. The predicted octanol–water partition coefficient (Wildman–Crippen LogP) is 2.27. The maximum atomic E-state index is 12.1. The van der Waals surface area contributed by atoms with Crippen LogP contribution in [0.1, 0.15) is 18.4 Å². The second kappa shape index (κ2) is 10.7. The summed E-state index contributed by atoms with van der Waals surface area (Å²) in [6, 6.07) is 7.13. The third-order valence-corrected chi connectivity index (χ3v) is 4.42. The average Bonchev–Trinajstić information content (AvgIpc) is 2.74. The molecule has 1 aliphatic heterocycles. The Labute approximate surface area is 171 Å². The first-order valence-corrected chi connectivity index (χ1v) is 9.22. The van der Waals surface area contributed by atoms with Gasteiger partial charge in [0.15, 0.2) is 13.2 Å². The van der Waals surface area contributed by atoms with Crippen LogP contribution in [0.5, 0.6) is 5.75 Å². The van der Waals surface area contributed by atoms with Gasteiger partial charge in [0, 0.05) is 19.6 Å². The molecule has 1 N–H and O–H groups in total. The molecule has 0 unspecified atom stereocenters. The van der Waals surface area contributed by atoms with Crippen molar-refractivity contribution in [3.63, 3.8) is 0 Å². The van der Waals surface area contributed by atoms with Gasteiger partial charge < -0.3 is 24.4 Å². The molecule has 0 radical (unpaired) electrons. The second-order valence-electron chi connectivity index (χ2n) is 6.67. The lowest BCUT2D eigenvalue weighted by Gasteiger charge is -2.30. The molecular weight excluding hydrogens is 409 g/mol. The van der Waals surface area contributed by atoms with Crippen molar-refractivity contribution in [1.29, 1.82) is 0 Å². The Hall–Kier alpha value is -2.98. The normalized spacial score (nSPS) is 14.7. The van der Waals surface area contributed by atoms with Crippen molar-refractivity contribution >= 4 is 18.0 Å². The number of methoxy groups -OCH3 is 1. The number of carbonyl (C=O) groups is 3. The first-order valence-electron chi connectivity index (χ1n) is 9.22. The molecule has 1 aromatic rings. The van der Waals surface area contributed by atoms with Gasteiger partial charge in [-0.1, -0.05) is 12.1 Å². The zero-order valence-corrected chi connectivity index (χ0v) is 16.4.